The van der Waals surface area contributed by atoms with Gasteiger partial charge in [-0.3, -0.25) is 9.69 Å². The van der Waals surface area contributed by atoms with Crippen LogP contribution in [0.15, 0.2) is 47.2 Å². The summed E-state index contributed by atoms with van der Waals surface area (Å²) in [5.41, 5.74) is 0.0470. The average Bonchev–Trinajstić information content (AvgIpc) is 3.48. The van der Waals surface area contributed by atoms with Gasteiger partial charge in [-0.2, -0.15) is 13.2 Å². The molecule has 9 heteroatoms. The molecule has 29 heavy (non-hydrogen) atoms. The van der Waals surface area contributed by atoms with Gasteiger partial charge in [0.2, 0.25) is 0 Å². The topological polar surface area (TPSA) is 42.4 Å². The highest BCUT2D eigenvalue weighted by Gasteiger charge is 2.31. The van der Waals surface area contributed by atoms with E-state index >= 15 is 0 Å². The normalized spacial score (nSPS) is 16.9. The lowest BCUT2D eigenvalue weighted by atomic mass is 10.1. The Morgan fingerprint density at radius 2 is 2.10 bits per heavy atom. The van der Waals surface area contributed by atoms with Crippen LogP contribution < -0.4 is 4.90 Å². The quantitative estimate of drug-likeness (QED) is 0.512. The summed E-state index contributed by atoms with van der Waals surface area (Å²) in [7, 11) is 0. The first-order valence-electron chi connectivity index (χ1n) is 9.02. The second kappa shape index (κ2) is 8.25. The molecule has 1 saturated heterocycles. The molecule has 1 aliphatic rings. The van der Waals surface area contributed by atoms with Crippen LogP contribution in [0.3, 0.4) is 0 Å². The summed E-state index contributed by atoms with van der Waals surface area (Å²) in [4.78, 5) is 19.7. The maximum absolute atomic E-state index is 13.0. The average molecular weight is 438 g/mol. The van der Waals surface area contributed by atoms with Crippen LogP contribution in [0.4, 0.5) is 18.3 Å². The van der Waals surface area contributed by atoms with Gasteiger partial charge in [0.25, 0.3) is 5.91 Å². The number of ether oxygens (including phenoxy) is 1. The van der Waals surface area contributed by atoms with Gasteiger partial charge in [-0.1, -0.05) is 18.2 Å². The van der Waals surface area contributed by atoms with Crippen LogP contribution >= 0.6 is 22.7 Å². The summed E-state index contributed by atoms with van der Waals surface area (Å²) >= 11 is 2.58. The summed E-state index contributed by atoms with van der Waals surface area (Å²) in [6.45, 7) is 1.03. The van der Waals surface area contributed by atoms with Crippen molar-refractivity contribution in [3.63, 3.8) is 0 Å². The predicted molar refractivity (Wildman–Crippen MR) is 108 cm³/mol. The Morgan fingerprint density at radius 1 is 1.24 bits per heavy atom. The zero-order chi connectivity index (χ0) is 20.4. The summed E-state index contributed by atoms with van der Waals surface area (Å²) in [5, 5.41) is 3.95. The van der Waals surface area contributed by atoms with E-state index in [0.717, 1.165) is 25.0 Å². The lowest BCUT2D eigenvalue weighted by molar-refractivity contribution is -0.137. The molecule has 4 rings (SSSR count). The SMILES string of the molecule is O=C(c1cccs1)N(C[C@H]1CCCO1)c1nc(-c2cccc(C(F)(F)F)c2)cs1. The number of hydrogen-bond donors (Lipinski definition) is 0. The van der Waals surface area contributed by atoms with Crippen molar-refractivity contribution in [3.05, 3.63) is 57.6 Å². The van der Waals surface area contributed by atoms with Gasteiger partial charge < -0.3 is 4.74 Å². The number of thiophene rings is 1. The number of halogens is 3. The summed E-state index contributed by atoms with van der Waals surface area (Å²) in [6, 6.07) is 8.60. The zero-order valence-corrected chi connectivity index (χ0v) is 16.8. The third-order valence-corrected chi connectivity index (χ3v) is 6.32. The van der Waals surface area contributed by atoms with Gasteiger partial charge in [-0.05, 0) is 36.4 Å². The van der Waals surface area contributed by atoms with Crippen molar-refractivity contribution < 1.29 is 22.7 Å². The van der Waals surface area contributed by atoms with Gasteiger partial charge in [0.05, 0.1) is 28.8 Å². The van der Waals surface area contributed by atoms with E-state index in [-0.39, 0.29) is 12.0 Å². The van der Waals surface area contributed by atoms with E-state index in [1.54, 1.807) is 28.5 Å². The van der Waals surface area contributed by atoms with Crippen LogP contribution in [0.2, 0.25) is 0 Å². The molecule has 0 spiro atoms. The minimum atomic E-state index is -4.42. The molecule has 1 amide bonds. The van der Waals surface area contributed by atoms with E-state index in [1.807, 2.05) is 5.38 Å². The molecule has 0 bridgehead atoms. The Bertz CT molecular complexity index is 980. The number of aromatic nitrogens is 1. The van der Waals surface area contributed by atoms with Crippen LogP contribution in [0.5, 0.6) is 0 Å². The smallest absolute Gasteiger partial charge is 0.376 e. The second-order valence-corrected chi connectivity index (χ2v) is 8.41. The van der Waals surface area contributed by atoms with E-state index in [4.69, 9.17) is 4.74 Å². The highest BCUT2D eigenvalue weighted by molar-refractivity contribution is 7.14. The fourth-order valence-corrected chi connectivity index (χ4v) is 4.66. The number of hydrogen-bond acceptors (Lipinski definition) is 5. The molecular weight excluding hydrogens is 421 g/mol. The Labute approximate surface area is 173 Å². The molecule has 152 valence electrons. The molecule has 0 N–H and O–H groups in total. The Balaban J connectivity index is 1.64. The number of alkyl halides is 3. The monoisotopic (exact) mass is 438 g/mol. The molecule has 2 aromatic heterocycles. The first kappa shape index (κ1) is 20.1. The Hall–Kier alpha value is -2.23. The van der Waals surface area contributed by atoms with Gasteiger partial charge in [0.15, 0.2) is 5.13 Å². The maximum Gasteiger partial charge on any atom is 0.416 e. The number of nitrogens with zero attached hydrogens (tertiary/aromatic N) is 2. The third kappa shape index (κ3) is 4.52. The number of thiazole rings is 1. The molecule has 1 atom stereocenters. The summed E-state index contributed by atoms with van der Waals surface area (Å²) < 4.78 is 44.7. The van der Waals surface area contributed by atoms with E-state index in [1.165, 1.54) is 28.7 Å². The first-order chi connectivity index (χ1) is 13.9. The number of amides is 1. The van der Waals surface area contributed by atoms with E-state index in [0.29, 0.717) is 34.4 Å². The minimum Gasteiger partial charge on any atom is -0.376 e. The number of carbonyl (C=O) groups is 1. The third-order valence-electron chi connectivity index (χ3n) is 4.60. The molecule has 0 radical (unpaired) electrons. The second-order valence-electron chi connectivity index (χ2n) is 6.62. The van der Waals surface area contributed by atoms with E-state index < -0.39 is 11.7 Å². The van der Waals surface area contributed by atoms with Crippen molar-refractivity contribution in [3.8, 4) is 11.3 Å². The van der Waals surface area contributed by atoms with Crippen LogP contribution in [0.1, 0.15) is 28.1 Å². The summed E-state index contributed by atoms with van der Waals surface area (Å²) in [6.07, 6.45) is -2.69. The zero-order valence-electron chi connectivity index (χ0n) is 15.2. The molecule has 1 aromatic carbocycles. The van der Waals surface area contributed by atoms with Crippen molar-refractivity contribution in [1.82, 2.24) is 4.98 Å². The number of benzene rings is 1. The van der Waals surface area contributed by atoms with E-state index in [2.05, 4.69) is 4.98 Å². The predicted octanol–water partition coefficient (Wildman–Crippen LogP) is 5.72. The van der Waals surface area contributed by atoms with Crippen LogP contribution in [0, 0.1) is 0 Å². The van der Waals surface area contributed by atoms with E-state index in [9.17, 15) is 18.0 Å². The largest absolute Gasteiger partial charge is 0.416 e. The Kier molecular flexibility index (Phi) is 5.71. The van der Waals surface area contributed by atoms with Crippen molar-refractivity contribution in [2.45, 2.75) is 25.1 Å². The highest BCUT2D eigenvalue weighted by Crippen LogP contribution is 2.34. The van der Waals surface area contributed by atoms with Gasteiger partial charge in [0.1, 0.15) is 0 Å². The first-order valence-corrected chi connectivity index (χ1v) is 10.8. The van der Waals surface area contributed by atoms with Gasteiger partial charge in [0, 0.05) is 17.6 Å². The molecule has 0 unspecified atom stereocenters. The van der Waals surface area contributed by atoms with Gasteiger partial charge in [-0.15, -0.1) is 22.7 Å². The molecule has 1 fully saturated rings. The molecule has 3 aromatic rings. The minimum absolute atomic E-state index is 0.0696. The summed E-state index contributed by atoms with van der Waals surface area (Å²) in [5.74, 6) is -0.180. The molecule has 1 aliphatic heterocycles. The van der Waals surface area contributed by atoms with Crippen molar-refractivity contribution >= 4 is 33.7 Å². The molecule has 0 aliphatic carbocycles. The molecule has 3 heterocycles. The molecular formula is C20H17F3N2O2S2. The van der Waals surface area contributed by atoms with Crippen LogP contribution in [0.25, 0.3) is 11.3 Å². The number of carbonyl (C=O) groups excluding carboxylic acids is 1. The van der Waals surface area contributed by atoms with Crippen molar-refractivity contribution in [2.75, 3.05) is 18.1 Å². The lowest BCUT2D eigenvalue weighted by Gasteiger charge is -2.22. The maximum atomic E-state index is 13.0. The Morgan fingerprint density at radius 3 is 2.79 bits per heavy atom. The standard InChI is InChI=1S/C20H17F3N2O2S2/c21-20(22,23)14-5-1-4-13(10-14)16-12-29-19(24-16)25(11-15-6-2-8-27-15)18(26)17-7-3-9-28-17/h1,3-5,7,9-10,12,15H,2,6,8,11H2/t15-/m1/s1. The van der Waals surface area contributed by atoms with Crippen molar-refractivity contribution in [2.24, 2.45) is 0 Å². The number of anilines is 1. The van der Waals surface area contributed by atoms with Gasteiger partial charge >= 0.3 is 6.18 Å². The van der Waals surface area contributed by atoms with Crippen LogP contribution in [-0.2, 0) is 10.9 Å². The fraction of sp³-hybridized carbons (Fsp3) is 0.300. The van der Waals surface area contributed by atoms with Gasteiger partial charge in [-0.25, -0.2) is 4.98 Å². The van der Waals surface area contributed by atoms with Crippen molar-refractivity contribution in [1.29, 1.82) is 0 Å². The fourth-order valence-electron chi connectivity index (χ4n) is 3.15. The number of rotatable bonds is 5. The molecule has 4 nitrogen and oxygen atoms in total. The lowest BCUT2D eigenvalue weighted by Crippen LogP contribution is -2.37. The van der Waals surface area contributed by atoms with Crippen LogP contribution in [-0.4, -0.2) is 30.1 Å². The highest BCUT2D eigenvalue weighted by atomic mass is 32.1. The molecule has 0 saturated carbocycles.